The second-order valence-electron chi connectivity index (χ2n) is 5.30. The van der Waals surface area contributed by atoms with Crippen molar-refractivity contribution < 1.29 is 9.90 Å². The van der Waals surface area contributed by atoms with Gasteiger partial charge in [-0.05, 0) is 19.3 Å². The molecule has 0 aromatic heterocycles. The van der Waals surface area contributed by atoms with Crippen LogP contribution in [0.4, 0.5) is 0 Å². The summed E-state index contributed by atoms with van der Waals surface area (Å²) in [5.74, 6) is -0.0431. The van der Waals surface area contributed by atoms with Crippen LogP contribution in [0.2, 0.25) is 0 Å². The summed E-state index contributed by atoms with van der Waals surface area (Å²) in [4.78, 5) is 14.1. The first-order valence-corrected chi connectivity index (χ1v) is 6.57. The van der Waals surface area contributed by atoms with Gasteiger partial charge in [-0.3, -0.25) is 4.79 Å². The molecule has 94 valence electrons. The summed E-state index contributed by atoms with van der Waals surface area (Å²) in [5, 5.41) is 18.9. The molecule has 1 atom stereocenters. The van der Waals surface area contributed by atoms with E-state index in [2.05, 4.69) is 6.07 Å². The fraction of sp³-hybridized carbons (Fsp3) is 0.846. The minimum Gasteiger partial charge on any atom is -0.391 e. The molecule has 4 heteroatoms. The Morgan fingerprint density at radius 3 is 2.41 bits per heavy atom. The van der Waals surface area contributed by atoms with Gasteiger partial charge in [0.05, 0.1) is 12.2 Å². The predicted octanol–water partition coefficient (Wildman–Crippen LogP) is 1.44. The molecular formula is C13H20N2O2. The van der Waals surface area contributed by atoms with E-state index in [9.17, 15) is 15.2 Å². The lowest BCUT2D eigenvalue weighted by atomic mass is 9.80. The zero-order chi connectivity index (χ0) is 12.3. The molecule has 1 N–H and O–H groups in total. The average Bonchev–Trinajstić information content (AvgIpc) is 2.64. The fourth-order valence-corrected chi connectivity index (χ4v) is 2.93. The largest absolute Gasteiger partial charge is 0.391 e. The highest BCUT2D eigenvalue weighted by Gasteiger charge is 2.43. The molecule has 1 amide bonds. The first-order valence-electron chi connectivity index (χ1n) is 6.57. The van der Waals surface area contributed by atoms with Crippen LogP contribution in [0.25, 0.3) is 0 Å². The Morgan fingerprint density at radius 2 is 1.94 bits per heavy atom. The molecule has 0 aromatic rings. The van der Waals surface area contributed by atoms with E-state index in [1.807, 2.05) is 0 Å². The molecule has 0 aromatic carbocycles. The molecule has 1 heterocycles. The second kappa shape index (κ2) is 5.05. The third-order valence-electron chi connectivity index (χ3n) is 4.03. The van der Waals surface area contributed by atoms with Crippen molar-refractivity contribution in [2.24, 2.45) is 5.41 Å². The van der Waals surface area contributed by atoms with Gasteiger partial charge < -0.3 is 10.0 Å². The fourth-order valence-electron chi connectivity index (χ4n) is 2.93. The van der Waals surface area contributed by atoms with Crippen molar-refractivity contribution in [2.45, 2.75) is 51.0 Å². The Morgan fingerprint density at radius 1 is 1.29 bits per heavy atom. The molecule has 17 heavy (non-hydrogen) atoms. The normalized spacial score (nSPS) is 28.5. The van der Waals surface area contributed by atoms with Crippen LogP contribution in [-0.4, -0.2) is 35.1 Å². The van der Waals surface area contributed by atoms with Crippen LogP contribution in [0.1, 0.15) is 44.9 Å². The van der Waals surface area contributed by atoms with Gasteiger partial charge in [0.1, 0.15) is 5.41 Å². The Hall–Kier alpha value is -1.08. The van der Waals surface area contributed by atoms with Crippen LogP contribution < -0.4 is 0 Å². The van der Waals surface area contributed by atoms with Gasteiger partial charge in [0.2, 0.25) is 5.91 Å². The predicted molar refractivity (Wildman–Crippen MR) is 63.0 cm³/mol. The Bertz CT molecular complexity index is 327. The molecule has 4 nitrogen and oxygen atoms in total. The molecule has 1 aliphatic heterocycles. The van der Waals surface area contributed by atoms with Gasteiger partial charge in [-0.2, -0.15) is 5.26 Å². The number of aliphatic hydroxyl groups excluding tert-OH is 1. The van der Waals surface area contributed by atoms with E-state index in [0.717, 1.165) is 25.7 Å². The molecule has 1 saturated carbocycles. The minimum absolute atomic E-state index is 0.0431. The van der Waals surface area contributed by atoms with Gasteiger partial charge >= 0.3 is 0 Å². The summed E-state index contributed by atoms with van der Waals surface area (Å²) >= 11 is 0. The molecule has 1 saturated heterocycles. The van der Waals surface area contributed by atoms with E-state index in [-0.39, 0.29) is 5.91 Å². The third kappa shape index (κ3) is 2.44. The summed E-state index contributed by atoms with van der Waals surface area (Å²) < 4.78 is 0. The van der Waals surface area contributed by atoms with Crippen LogP contribution in [0.15, 0.2) is 0 Å². The second-order valence-corrected chi connectivity index (χ2v) is 5.30. The topological polar surface area (TPSA) is 64.3 Å². The van der Waals surface area contributed by atoms with Crippen molar-refractivity contribution in [1.82, 2.24) is 4.90 Å². The van der Waals surface area contributed by atoms with Gasteiger partial charge in [-0.25, -0.2) is 0 Å². The number of nitrogens with zero attached hydrogens (tertiary/aromatic N) is 2. The molecule has 0 spiro atoms. The maximum absolute atomic E-state index is 12.4. The van der Waals surface area contributed by atoms with E-state index in [4.69, 9.17) is 0 Å². The standard InChI is InChI=1S/C13H20N2O2/c14-10-13(6-3-1-2-4-7-13)12(17)15-8-5-11(16)9-15/h11,16H,1-9H2/t11-/m0/s1. The first-order chi connectivity index (χ1) is 8.18. The highest BCUT2D eigenvalue weighted by molar-refractivity contribution is 5.85. The van der Waals surface area contributed by atoms with Crippen LogP contribution in [0, 0.1) is 16.7 Å². The zero-order valence-electron chi connectivity index (χ0n) is 10.2. The highest BCUT2D eigenvalue weighted by atomic mass is 16.3. The third-order valence-corrected chi connectivity index (χ3v) is 4.03. The van der Waals surface area contributed by atoms with Gasteiger partial charge in [0, 0.05) is 13.1 Å². The zero-order valence-corrected chi connectivity index (χ0v) is 10.2. The van der Waals surface area contributed by atoms with Crippen molar-refractivity contribution in [3.63, 3.8) is 0 Å². The van der Waals surface area contributed by atoms with Crippen LogP contribution in [-0.2, 0) is 4.79 Å². The Balaban J connectivity index is 2.11. The Kier molecular flexibility index (Phi) is 3.68. The molecule has 0 radical (unpaired) electrons. The number of hydrogen-bond acceptors (Lipinski definition) is 3. The molecular weight excluding hydrogens is 216 g/mol. The van der Waals surface area contributed by atoms with Gasteiger partial charge in [-0.15, -0.1) is 0 Å². The quantitative estimate of drug-likeness (QED) is 0.701. The Labute approximate surface area is 102 Å². The van der Waals surface area contributed by atoms with E-state index >= 15 is 0 Å². The lowest BCUT2D eigenvalue weighted by Crippen LogP contribution is -2.42. The van der Waals surface area contributed by atoms with E-state index in [1.165, 1.54) is 0 Å². The number of β-amino-alcohol motifs (C(OH)–C–C–N with tert-alkyl or cyclic N) is 1. The number of rotatable bonds is 1. The lowest BCUT2D eigenvalue weighted by Gasteiger charge is -2.29. The van der Waals surface area contributed by atoms with Crippen molar-refractivity contribution in [1.29, 1.82) is 5.26 Å². The van der Waals surface area contributed by atoms with Gasteiger partial charge in [-0.1, -0.05) is 25.7 Å². The SMILES string of the molecule is N#CC1(C(=O)N2CC[C@H](O)C2)CCCCCC1. The summed E-state index contributed by atoms with van der Waals surface area (Å²) in [6.07, 6.45) is 5.81. The van der Waals surface area contributed by atoms with Crippen molar-refractivity contribution in [3.05, 3.63) is 0 Å². The summed E-state index contributed by atoms with van der Waals surface area (Å²) in [6.45, 7) is 1.01. The number of carbonyl (C=O) groups is 1. The van der Waals surface area contributed by atoms with Gasteiger partial charge in [0.15, 0.2) is 0 Å². The molecule has 2 aliphatic rings. The van der Waals surface area contributed by atoms with E-state index in [0.29, 0.717) is 32.4 Å². The number of hydrogen-bond donors (Lipinski definition) is 1. The monoisotopic (exact) mass is 236 g/mol. The van der Waals surface area contributed by atoms with Crippen molar-refractivity contribution in [3.8, 4) is 6.07 Å². The van der Waals surface area contributed by atoms with Gasteiger partial charge in [0.25, 0.3) is 0 Å². The highest BCUT2D eigenvalue weighted by Crippen LogP contribution is 2.37. The summed E-state index contributed by atoms with van der Waals surface area (Å²) in [7, 11) is 0. The van der Waals surface area contributed by atoms with Crippen LogP contribution in [0.5, 0.6) is 0 Å². The summed E-state index contributed by atoms with van der Waals surface area (Å²) in [6, 6.07) is 2.28. The van der Waals surface area contributed by atoms with E-state index in [1.54, 1.807) is 4.90 Å². The molecule has 1 aliphatic carbocycles. The van der Waals surface area contributed by atoms with E-state index < -0.39 is 11.5 Å². The van der Waals surface area contributed by atoms with Crippen molar-refractivity contribution in [2.75, 3.05) is 13.1 Å². The summed E-state index contributed by atoms with van der Waals surface area (Å²) in [5.41, 5.74) is -0.805. The molecule has 0 bridgehead atoms. The number of likely N-dealkylation sites (tertiary alicyclic amines) is 1. The number of amides is 1. The number of carbonyl (C=O) groups excluding carboxylic acids is 1. The van der Waals surface area contributed by atoms with Crippen molar-refractivity contribution >= 4 is 5.91 Å². The lowest BCUT2D eigenvalue weighted by molar-refractivity contribution is -0.139. The number of aliphatic hydroxyl groups is 1. The molecule has 2 rings (SSSR count). The molecule has 0 unspecified atom stereocenters. The maximum Gasteiger partial charge on any atom is 0.243 e. The molecule has 2 fully saturated rings. The average molecular weight is 236 g/mol. The number of nitriles is 1. The first kappa shape index (κ1) is 12.4. The minimum atomic E-state index is -0.805. The smallest absolute Gasteiger partial charge is 0.243 e. The van der Waals surface area contributed by atoms with Crippen LogP contribution >= 0.6 is 0 Å². The van der Waals surface area contributed by atoms with Crippen LogP contribution in [0.3, 0.4) is 0 Å². The maximum atomic E-state index is 12.4.